The van der Waals surface area contributed by atoms with Crippen LogP contribution in [0.4, 0.5) is 0 Å². The van der Waals surface area contributed by atoms with E-state index in [1.807, 2.05) is 0 Å². The largest absolute Gasteiger partial charge is 0.456 e. The molecule has 1 heteroatoms. The van der Waals surface area contributed by atoms with Crippen molar-refractivity contribution < 1.29 is 4.74 Å². The van der Waals surface area contributed by atoms with Crippen molar-refractivity contribution in [3.05, 3.63) is 243 Å². The average Bonchev–Trinajstić information content (AvgIpc) is 3.73. The van der Waals surface area contributed by atoms with Crippen LogP contribution in [0.1, 0.15) is 0 Å². The normalized spacial score (nSPS) is 12.0. The molecule has 0 unspecified atom stereocenters. The Morgan fingerprint density at radius 2 is 0.687 bits per heavy atom. The lowest BCUT2D eigenvalue weighted by molar-refractivity contribution is 0.487. The first-order valence-corrected chi connectivity index (χ1v) is 23.2. The molecular formula is C66H40O. The Kier molecular flexibility index (Phi) is 8.35. The van der Waals surface area contributed by atoms with Crippen LogP contribution in [-0.2, 0) is 0 Å². The highest BCUT2D eigenvalue weighted by Gasteiger charge is 2.31. The fraction of sp³-hybridized carbons (Fsp3) is 0. The molecule has 0 bridgehead atoms. The summed E-state index contributed by atoms with van der Waals surface area (Å²) < 4.78 is 6.78. The van der Waals surface area contributed by atoms with Crippen LogP contribution >= 0.6 is 0 Å². The van der Waals surface area contributed by atoms with Crippen LogP contribution in [0.25, 0.3) is 132 Å². The standard InChI is InChI=1S/C66H40O/c1-4-16-41(17-5-1)46-32-33-52-54-29-15-28-53-51(34-35-59(64(53)54)67-60(52)40-46)50-38-48(42-18-6-2-7-19-42)37-49(39-50)45-24-12-25-47(36-45)63-56-27-11-10-26-55(56)62(44-20-8-3-9-21-44)65-57-30-13-22-43-23-14-31-58(61(43)57)66(63)65/h1-40H. The minimum Gasteiger partial charge on any atom is -0.456 e. The van der Waals surface area contributed by atoms with E-state index in [2.05, 4.69) is 243 Å². The zero-order chi connectivity index (χ0) is 44.0. The third-order valence-corrected chi connectivity index (χ3v) is 14.2. The van der Waals surface area contributed by atoms with Crippen LogP contribution in [-0.4, -0.2) is 0 Å². The topological polar surface area (TPSA) is 9.23 Å². The lowest BCUT2D eigenvalue weighted by atomic mass is 9.82. The maximum Gasteiger partial charge on any atom is 0.135 e. The number of hydrogen-bond donors (Lipinski definition) is 0. The second kappa shape index (κ2) is 14.9. The Morgan fingerprint density at radius 1 is 0.209 bits per heavy atom. The van der Waals surface area contributed by atoms with Gasteiger partial charge in [-0.2, -0.15) is 0 Å². The Balaban J connectivity index is 0.966. The molecule has 1 aliphatic heterocycles. The SMILES string of the molecule is c1ccc(-c2cc(-c3cccc(-c4c5c(c(-c6ccccc6)c6ccccc46)-c4cccc6cccc-5c46)c3)cc(-c3ccc4c5c(cccc35)-c3ccc(-c5ccccc5)cc3O4)c2)cc1. The van der Waals surface area contributed by atoms with Gasteiger partial charge in [-0.3, -0.25) is 0 Å². The Labute approximate surface area is 389 Å². The van der Waals surface area contributed by atoms with Crippen molar-refractivity contribution >= 4 is 32.3 Å². The Morgan fingerprint density at radius 3 is 1.39 bits per heavy atom. The molecule has 14 rings (SSSR count). The predicted octanol–water partition coefficient (Wildman–Crippen LogP) is 18.6. The summed E-state index contributed by atoms with van der Waals surface area (Å²) in [6, 6.07) is 89.0. The first kappa shape index (κ1) is 37.6. The second-order valence-corrected chi connectivity index (χ2v) is 17.9. The molecule has 12 aromatic carbocycles. The minimum atomic E-state index is 0.884. The average molecular weight is 849 g/mol. The van der Waals surface area contributed by atoms with Gasteiger partial charge in [-0.05, 0) is 164 Å². The van der Waals surface area contributed by atoms with Crippen molar-refractivity contribution in [1.82, 2.24) is 0 Å². The van der Waals surface area contributed by atoms with Crippen molar-refractivity contribution in [3.8, 4) is 112 Å². The Bertz CT molecular complexity index is 3970. The lowest BCUT2D eigenvalue weighted by Crippen LogP contribution is -1.98. The zero-order valence-electron chi connectivity index (χ0n) is 36.5. The van der Waals surface area contributed by atoms with Gasteiger partial charge in [-0.15, -0.1) is 0 Å². The lowest BCUT2D eigenvalue weighted by Gasteiger charge is -2.23. The van der Waals surface area contributed by atoms with E-state index in [0.717, 1.165) is 33.6 Å². The van der Waals surface area contributed by atoms with Crippen molar-refractivity contribution in [1.29, 1.82) is 0 Å². The van der Waals surface area contributed by atoms with Crippen LogP contribution < -0.4 is 4.74 Å². The third-order valence-electron chi connectivity index (χ3n) is 14.2. The molecule has 67 heavy (non-hydrogen) atoms. The fourth-order valence-electron chi connectivity index (χ4n) is 11.2. The van der Waals surface area contributed by atoms with Crippen molar-refractivity contribution in [2.45, 2.75) is 0 Å². The Hall–Kier alpha value is -8.78. The highest BCUT2D eigenvalue weighted by atomic mass is 16.5. The molecule has 2 aliphatic rings. The molecule has 0 saturated heterocycles. The summed E-state index contributed by atoms with van der Waals surface area (Å²) in [6.45, 7) is 0. The highest BCUT2D eigenvalue weighted by Crippen LogP contribution is 2.58. The summed E-state index contributed by atoms with van der Waals surface area (Å²) in [5.41, 5.74) is 21.9. The zero-order valence-corrected chi connectivity index (χ0v) is 36.5. The van der Waals surface area contributed by atoms with E-state index >= 15 is 0 Å². The summed E-state index contributed by atoms with van der Waals surface area (Å²) in [5.74, 6) is 1.77. The van der Waals surface area contributed by atoms with E-state index in [-0.39, 0.29) is 0 Å². The predicted molar refractivity (Wildman–Crippen MR) is 282 cm³/mol. The molecule has 0 fully saturated rings. The number of hydrogen-bond acceptors (Lipinski definition) is 1. The van der Waals surface area contributed by atoms with Gasteiger partial charge in [0.1, 0.15) is 11.5 Å². The van der Waals surface area contributed by atoms with E-state index in [1.165, 1.54) is 110 Å². The monoisotopic (exact) mass is 848 g/mol. The maximum atomic E-state index is 6.78. The van der Waals surface area contributed by atoms with Gasteiger partial charge >= 0.3 is 0 Å². The van der Waals surface area contributed by atoms with Crippen molar-refractivity contribution in [2.24, 2.45) is 0 Å². The molecule has 1 aliphatic carbocycles. The van der Waals surface area contributed by atoms with E-state index in [9.17, 15) is 0 Å². The summed E-state index contributed by atoms with van der Waals surface area (Å²) in [4.78, 5) is 0. The molecule has 0 saturated carbocycles. The molecule has 0 N–H and O–H groups in total. The summed E-state index contributed by atoms with van der Waals surface area (Å²) in [5, 5.41) is 7.43. The van der Waals surface area contributed by atoms with E-state index < -0.39 is 0 Å². The molecule has 0 amide bonds. The van der Waals surface area contributed by atoms with E-state index in [1.54, 1.807) is 0 Å². The number of ether oxygens (including phenoxy) is 1. The molecule has 0 spiro atoms. The van der Waals surface area contributed by atoms with Gasteiger partial charge in [0.05, 0.1) is 0 Å². The van der Waals surface area contributed by atoms with Gasteiger partial charge < -0.3 is 4.74 Å². The summed E-state index contributed by atoms with van der Waals surface area (Å²) >= 11 is 0. The third kappa shape index (κ3) is 5.88. The van der Waals surface area contributed by atoms with Crippen molar-refractivity contribution in [3.63, 3.8) is 0 Å². The molecule has 1 nitrogen and oxygen atoms in total. The van der Waals surface area contributed by atoms with Crippen LogP contribution in [0.2, 0.25) is 0 Å². The number of fused-ring (bicyclic) bond motifs is 6. The quantitative estimate of drug-likeness (QED) is 0.162. The molecule has 12 aromatic rings. The van der Waals surface area contributed by atoms with Crippen LogP contribution in [0.3, 0.4) is 0 Å². The molecule has 0 aromatic heterocycles. The molecule has 1 heterocycles. The molecule has 0 radical (unpaired) electrons. The fourth-order valence-corrected chi connectivity index (χ4v) is 11.2. The number of rotatable bonds is 6. The number of benzene rings is 12. The summed E-state index contributed by atoms with van der Waals surface area (Å²) in [7, 11) is 0. The van der Waals surface area contributed by atoms with Gasteiger partial charge in [-0.25, -0.2) is 0 Å². The highest BCUT2D eigenvalue weighted by molar-refractivity contribution is 6.27. The minimum absolute atomic E-state index is 0.884. The summed E-state index contributed by atoms with van der Waals surface area (Å²) in [6.07, 6.45) is 0. The van der Waals surface area contributed by atoms with Gasteiger partial charge in [0.25, 0.3) is 0 Å². The maximum absolute atomic E-state index is 6.78. The van der Waals surface area contributed by atoms with E-state index in [0.29, 0.717) is 0 Å². The van der Waals surface area contributed by atoms with Crippen LogP contribution in [0.5, 0.6) is 11.5 Å². The van der Waals surface area contributed by atoms with Gasteiger partial charge in [0.15, 0.2) is 0 Å². The van der Waals surface area contributed by atoms with Crippen LogP contribution in [0, 0.1) is 0 Å². The van der Waals surface area contributed by atoms with Gasteiger partial charge in [0.2, 0.25) is 0 Å². The van der Waals surface area contributed by atoms with Crippen molar-refractivity contribution in [2.75, 3.05) is 0 Å². The molecule has 310 valence electrons. The van der Waals surface area contributed by atoms with Gasteiger partial charge in [0, 0.05) is 10.9 Å². The first-order chi connectivity index (χ1) is 33.2. The molecular weight excluding hydrogens is 809 g/mol. The van der Waals surface area contributed by atoms with E-state index in [4.69, 9.17) is 4.74 Å². The second-order valence-electron chi connectivity index (χ2n) is 17.9. The smallest absolute Gasteiger partial charge is 0.135 e. The van der Waals surface area contributed by atoms with Crippen LogP contribution in [0.15, 0.2) is 243 Å². The van der Waals surface area contributed by atoms with Gasteiger partial charge in [-0.1, -0.05) is 200 Å². The first-order valence-electron chi connectivity index (χ1n) is 23.2. The molecule has 0 atom stereocenters.